The molecule has 0 bridgehead atoms. The summed E-state index contributed by atoms with van der Waals surface area (Å²) in [7, 11) is 1.42. The first kappa shape index (κ1) is 17.8. The molecule has 0 spiro atoms. The van der Waals surface area contributed by atoms with Gasteiger partial charge in [0.2, 0.25) is 5.91 Å². The van der Waals surface area contributed by atoms with Crippen LogP contribution in [0.3, 0.4) is 0 Å². The SMILES string of the molecule is CNC(=O)NC(=O)CNc1ccc(Cl)cc1[C@H](O)c1ccccc1. The minimum atomic E-state index is -0.894. The zero-order chi connectivity index (χ0) is 17.5. The Morgan fingerprint density at radius 3 is 2.54 bits per heavy atom. The van der Waals surface area contributed by atoms with Crippen molar-refractivity contribution >= 4 is 29.2 Å². The highest BCUT2D eigenvalue weighted by Gasteiger charge is 2.16. The molecule has 0 aromatic heterocycles. The number of aliphatic hydroxyl groups excluding tert-OH is 1. The predicted octanol–water partition coefficient (Wildman–Crippen LogP) is 2.29. The zero-order valence-corrected chi connectivity index (χ0v) is 13.8. The lowest BCUT2D eigenvalue weighted by Gasteiger charge is -2.17. The van der Waals surface area contributed by atoms with Crippen LogP contribution in [-0.4, -0.2) is 30.6 Å². The molecule has 24 heavy (non-hydrogen) atoms. The van der Waals surface area contributed by atoms with E-state index >= 15 is 0 Å². The van der Waals surface area contributed by atoms with Gasteiger partial charge >= 0.3 is 6.03 Å². The van der Waals surface area contributed by atoms with Gasteiger partial charge in [0.1, 0.15) is 6.10 Å². The van der Waals surface area contributed by atoms with E-state index in [1.807, 2.05) is 18.2 Å². The maximum absolute atomic E-state index is 11.7. The van der Waals surface area contributed by atoms with Gasteiger partial charge in [-0.05, 0) is 23.8 Å². The first-order valence-corrected chi connectivity index (χ1v) is 7.67. The number of benzene rings is 2. The van der Waals surface area contributed by atoms with Crippen molar-refractivity contribution in [2.75, 3.05) is 18.9 Å². The number of imide groups is 1. The van der Waals surface area contributed by atoms with Crippen LogP contribution >= 0.6 is 11.6 Å². The van der Waals surface area contributed by atoms with Crippen LogP contribution in [0.25, 0.3) is 0 Å². The first-order valence-electron chi connectivity index (χ1n) is 7.29. The van der Waals surface area contributed by atoms with Crippen molar-refractivity contribution in [3.8, 4) is 0 Å². The molecule has 0 radical (unpaired) electrons. The molecule has 3 amide bonds. The summed E-state index contributed by atoms with van der Waals surface area (Å²) in [5, 5.41) is 18.4. The fourth-order valence-electron chi connectivity index (χ4n) is 2.14. The number of anilines is 1. The second kappa shape index (κ2) is 8.33. The van der Waals surface area contributed by atoms with E-state index in [0.717, 1.165) is 0 Å². The van der Waals surface area contributed by atoms with Crippen LogP contribution in [0.5, 0.6) is 0 Å². The van der Waals surface area contributed by atoms with E-state index in [1.165, 1.54) is 7.05 Å². The largest absolute Gasteiger partial charge is 0.384 e. The molecule has 7 heteroatoms. The molecule has 1 atom stereocenters. The average Bonchev–Trinajstić information content (AvgIpc) is 2.60. The van der Waals surface area contributed by atoms with Crippen LogP contribution in [0.2, 0.25) is 5.02 Å². The lowest BCUT2D eigenvalue weighted by molar-refractivity contribution is -0.118. The van der Waals surface area contributed by atoms with Crippen molar-refractivity contribution in [3.05, 3.63) is 64.7 Å². The molecule has 0 fully saturated rings. The number of hydrogen-bond donors (Lipinski definition) is 4. The van der Waals surface area contributed by atoms with Gasteiger partial charge in [-0.1, -0.05) is 41.9 Å². The van der Waals surface area contributed by atoms with Gasteiger partial charge in [0.05, 0.1) is 6.54 Å². The summed E-state index contributed by atoms with van der Waals surface area (Å²) in [6, 6.07) is 13.5. The van der Waals surface area contributed by atoms with Gasteiger partial charge < -0.3 is 15.7 Å². The lowest BCUT2D eigenvalue weighted by Crippen LogP contribution is -2.40. The number of hydrogen-bond acceptors (Lipinski definition) is 4. The standard InChI is InChI=1S/C17H18ClN3O3/c1-19-17(24)21-15(22)10-20-14-8-7-12(18)9-13(14)16(23)11-5-3-2-4-6-11/h2-9,16,20,23H,10H2,1H3,(H2,19,21,22,24)/t16-/m1/s1. The molecule has 2 rings (SSSR count). The number of rotatable bonds is 5. The summed E-state index contributed by atoms with van der Waals surface area (Å²) in [4.78, 5) is 22.8. The van der Waals surface area contributed by atoms with Crippen LogP contribution in [-0.2, 0) is 4.79 Å². The zero-order valence-electron chi connectivity index (χ0n) is 13.0. The minimum absolute atomic E-state index is 0.121. The third-order valence-electron chi connectivity index (χ3n) is 3.34. The van der Waals surface area contributed by atoms with Crippen molar-refractivity contribution in [1.29, 1.82) is 0 Å². The molecule has 0 aliphatic rings. The van der Waals surface area contributed by atoms with Crippen LogP contribution in [0.15, 0.2) is 48.5 Å². The predicted molar refractivity (Wildman–Crippen MR) is 93.0 cm³/mol. The Morgan fingerprint density at radius 2 is 1.88 bits per heavy atom. The number of carbonyl (C=O) groups excluding carboxylic acids is 2. The van der Waals surface area contributed by atoms with E-state index in [2.05, 4.69) is 16.0 Å². The van der Waals surface area contributed by atoms with Crippen molar-refractivity contribution in [3.63, 3.8) is 0 Å². The van der Waals surface area contributed by atoms with Crippen molar-refractivity contribution in [2.45, 2.75) is 6.10 Å². The summed E-state index contributed by atoms with van der Waals surface area (Å²) in [5.74, 6) is -0.496. The summed E-state index contributed by atoms with van der Waals surface area (Å²) >= 11 is 6.03. The van der Waals surface area contributed by atoms with Gasteiger partial charge in [0.15, 0.2) is 0 Å². The van der Waals surface area contributed by atoms with Gasteiger partial charge in [-0.3, -0.25) is 10.1 Å². The average molecular weight is 348 g/mol. The lowest BCUT2D eigenvalue weighted by atomic mass is 10.00. The molecule has 0 aliphatic carbocycles. The highest BCUT2D eigenvalue weighted by atomic mass is 35.5. The molecule has 6 nitrogen and oxygen atoms in total. The summed E-state index contributed by atoms with van der Waals surface area (Å²) < 4.78 is 0. The van der Waals surface area contributed by atoms with E-state index in [1.54, 1.807) is 30.3 Å². The number of urea groups is 1. The van der Waals surface area contributed by atoms with Gasteiger partial charge in [-0.2, -0.15) is 0 Å². The van der Waals surface area contributed by atoms with Crippen LogP contribution in [0.1, 0.15) is 17.2 Å². The van der Waals surface area contributed by atoms with Crippen molar-refractivity contribution in [1.82, 2.24) is 10.6 Å². The van der Waals surface area contributed by atoms with Crippen molar-refractivity contribution in [2.24, 2.45) is 0 Å². The van der Waals surface area contributed by atoms with E-state index in [9.17, 15) is 14.7 Å². The third kappa shape index (κ3) is 4.71. The molecule has 2 aromatic carbocycles. The Hall–Kier alpha value is -2.57. The van der Waals surface area contributed by atoms with Gasteiger partial charge in [-0.25, -0.2) is 4.79 Å². The maximum atomic E-state index is 11.7. The Kier molecular flexibility index (Phi) is 6.17. The fourth-order valence-corrected chi connectivity index (χ4v) is 2.33. The van der Waals surface area contributed by atoms with Crippen molar-refractivity contribution < 1.29 is 14.7 Å². The Balaban J connectivity index is 2.16. The Labute approximate surface area is 144 Å². The smallest absolute Gasteiger partial charge is 0.321 e. The van der Waals surface area contributed by atoms with Crippen LogP contribution < -0.4 is 16.0 Å². The number of aliphatic hydroxyl groups is 1. The van der Waals surface area contributed by atoms with Crippen LogP contribution in [0, 0.1) is 0 Å². The highest BCUT2D eigenvalue weighted by molar-refractivity contribution is 6.30. The summed E-state index contributed by atoms with van der Waals surface area (Å²) in [5.41, 5.74) is 1.81. The van der Waals surface area contributed by atoms with Gasteiger partial charge in [-0.15, -0.1) is 0 Å². The van der Waals surface area contributed by atoms with E-state index in [-0.39, 0.29) is 6.54 Å². The minimum Gasteiger partial charge on any atom is -0.384 e. The van der Waals surface area contributed by atoms with Gasteiger partial charge in [0.25, 0.3) is 0 Å². The molecule has 0 saturated carbocycles. The summed E-state index contributed by atoms with van der Waals surface area (Å²) in [6.45, 7) is -0.121. The Bertz CT molecular complexity index is 722. The van der Waals surface area contributed by atoms with E-state index in [0.29, 0.717) is 21.8 Å². The maximum Gasteiger partial charge on any atom is 0.321 e. The second-order valence-electron chi connectivity index (χ2n) is 5.03. The fraction of sp³-hybridized carbons (Fsp3) is 0.176. The molecule has 4 N–H and O–H groups in total. The van der Waals surface area contributed by atoms with Crippen LogP contribution in [0.4, 0.5) is 10.5 Å². The molecule has 2 aromatic rings. The molecule has 0 unspecified atom stereocenters. The number of nitrogens with one attached hydrogen (secondary N) is 3. The topological polar surface area (TPSA) is 90.5 Å². The number of carbonyl (C=O) groups is 2. The monoisotopic (exact) mass is 347 g/mol. The molecule has 0 saturated heterocycles. The van der Waals surface area contributed by atoms with Gasteiger partial charge in [0, 0.05) is 23.3 Å². The molecular formula is C17H18ClN3O3. The molecule has 0 aliphatic heterocycles. The molecule has 0 heterocycles. The Morgan fingerprint density at radius 1 is 1.17 bits per heavy atom. The molecular weight excluding hydrogens is 330 g/mol. The number of amides is 3. The number of halogens is 1. The quantitative estimate of drug-likeness (QED) is 0.668. The van der Waals surface area contributed by atoms with E-state index in [4.69, 9.17) is 11.6 Å². The normalized spacial score (nSPS) is 11.5. The van der Waals surface area contributed by atoms with E-state index < -0.39 is 18.0 Å². The second-order valence-corrected chi connectivity index (χ2v) is 5.46. The third-order valence-corrected chi connectivity index (χ3v) is 3.58. The first-order chi connectivity index (χ1) is 11.5. The highest BCUT2D eigenvalue weighted by Crippen LogP contribution is 2.30. The molecule has 126 valence electrons. The summed E-state index contributed by atoms with van der Waals surface area (Å²) in [6.07, 6.45) is -0.894.